The van der Waals surface area contributed by atoms with Crippen molar-refractivity contribution in [3.63, 3.8) is 0 Å². The van der Waals surface area contributed by atoms with Crippen LogP contribution in [0.2, 0.25) is 0 Å². The van der Waals surface area contributed by atoms with Crippen molar-refractivity contribution >= 4 is 22.4 Å². The minimum atomic E-state index is -0.779. The lowest BCUT2D eigenvalue weighted by molar-refractivity contribution is -0.136. The van der Waals surface area contributed by atoms with Crippen LogP contribution in [0.5, 0.6) is 0 Å². The fraction of sp³-hybridized carbons (Fsp3) is 0.375. The average molecular weight is 302 g/mol. The van der Waals surface area contributed by atoms with E-state index in [0.29, 0.717) is 12.5 Å². The standard InChI is InChI=1S/C16H18N2O2S/c19-15(20)9-8-12-10-21-16(17-12)18-14-7-3-5-11-4-1-2-6-13(11)14/h1-2,4,6,10,14H,3,5,7-9H2,(H,17,18)(H,19,20). The van der Waals surface area contributed by atoms with E-state index in [4.69, 9.17) is 5.11 Å². The Kier molecular flexibility index (Phi) is 4.20. The quantitative estimate of drug-likeness (QED) is 0.885. The van der Waals surface area contributed by atoms with Crippen LogP contribution < -0.4 is 5.32 Å². The van der Waals surface area contributed by atoms with Gasteiger partial charge in [-0.05, 0) is 30.4 Å². The van der Waals surface area contributed by atoms with Crippen molar-refractivity contribution in [2.24, 2.45) is 0 Å². The number of hydrogen-bond donors (Lipinski definition) is 2. The normalized spacial score (nSPS) is 17.2. The zero-order valence-corrected chi connectivity index (χ0v) is 12.5. The summed E-state index contributed by atoms with van der Waals surface area (Å²) in [5.41, 5.74) is 3.64. The highest BCUT2D eigenvalue weighted by atomic mass is 32.1. The third-order valence-electron chi connectivity index (χ3n) is 3.81. The molecule has 1 aliphatic carbocycles. The van der Waals surface area contributed by atoms with Crippen LogP contribution >= 0.6 is 11.3 Å². The van der Waals surface area contributed by atoms with E-state index >= 15 is 0 Å². The van der Waals surface area contributed by atoms with Crippen molar-refractivity contribution < 1.29 is 9.90 Å². The number of hydrogen-bond acceptors (Lipinski definition) is 4. The Hall–Kier alpha value is -1.88. The highest BCUT2D eigenvalue weighted by Gasteiger charge is 2.20. The molecule has 0 saturated carbocycles. The van der Waals surface area contributed by atoms with E-state index in [1.165, 1.54) is 17.5 Å². The Morgan fingerprint density at radius 1 is 1.43 bits per heavy atom. The minimum Gasteiger partial charge on any atom is -0.481 e. The number of nitrogens with zero attached hydrogens (tertiary/aromatic N) is 1. The molecule has 1 atom stereocenters. The van der Waals surface area contributed by atoms with Crippen LogP contribution in [0.1, 0.15) is 42.1 Å². The molecule has 21 heavy (non-hydrogen) atoms. The molecule has 4 nitrogen and oxygen atoms in total. The number of aryl methyl sites for hydroxylation is 2. The molecule has 1 aromatic heterocycles. The number of carbonyl (C=O) groups is 1. The first-order chi connectivity index (χ1) is 10.2. The van der Waals surface area contributed by atoms with Crippen LogP contribution in [-0.4, -0.2) is 16.1 Å². The molecule has 0 aliphatic heterocycles. The van der Waals surface area contributed by atoms with Crippen LogP contribution in [0.4, 0.5) is 5.13 Å². The van der Waals surface area contributed by atoms with Gasteiger partial charge in [-0.2, -0.15) is 0 Å². The summed E-state index contributed by atoms with van der Waals surface area (Å²) >= 11 is 1.55. The Balaban J connectivity index is 1.69. The molecule has 5 heteroatoms. The van der Waals surface area contributed by atoms with Gasteiger partial charge in [0.15, 0.2) is 5.13 Å². The van der Waals surface area contributed by atoms with E-state index in [-0.39, 0.29) is 6.42 Å². The first kappa shape index (κ1) is 14.1. The number of aliphatic carboxylic acids is 1. The SMILES string of the molecule is O=C(O)CCc1csc(NC2CCCc3ccccc32)n1. The van der Waals surface area contributed by atoms with E-state index in [9.17, 15) is 4.79 Å². The monoisotopic (exact) mass is 302 g/mol. The summed E-state index contributed by atoms with van der Waals surface area (Å²) in [5, 5.41) is 15.0. The Labute approximate surface area is 127 Å². The maximum absolute atomic E-state index is 10.6. The summed E-state index contributed by atoms with van der Waals surface area (Å²) in [4.78, 5) is 15.1. The summed E-state index contributed by atoms with van der Waals surface area (Å²) in [6.45, 7) is 0. The molecule has 0 spiro atoms. The average Bonchev–Trinajstić information content (AvgIpc) is 2.93. The number of benzene rings is 1. The predicted molar refractivity (Wildman–Crippen MR) is 83.8 cm³/mol. The first-order valence-corrected chi connectivity index (χ1v) is 8.11. The number of anilines is 1. The second-order valence-electron chi connectivity index (χ2n) is 5.33. The van der Waals surface area contributed by atoms with Gasteiger partial charge in [0.25, 0.3) is 0 Å². The zero-order chi connectivity index (χ0) is 14.7. The van der Waals surface area contributed by atoms with Crippen LogP contribution in [0.15, 0.2) is 29.6 Å². The highest BCUT2D eigenvalue weighted by Crippen LogP contribution is 2.33. The molecule has 2 N–H and O–H groups in total. The lowest BCUT2D eigenvalue weighted by Gasteiger charge is -2.26. The second-order valence-corrected chi connectivity index (χ2v) is 6.18. The van der Waals surface area contributed by atoms with Crippen LogP contribution in [0, 0.1) is 0 Å². The summed E-state index contributed by atoms with van der Waals surface area (Å²) < 4.78 is 0. The van der Waals surface area contributed by atoms with Gasteiger partial charge >= 0.3 is 5.97 Å². The number of fused-ring (bicyclic) bond motifs is 1. The van der Waals surface area contributed by atoms with Crippen LogP contribution in [-0.2, 0) is 17.6 Å². The first-order valence-electron chi connectivity index (χ1n) is 7.23. The van der Waals surface area contributed by atoms with Crippen LogP contribution in [0.3, 0.4) is 0 Å². The molecule has 110 valence electrons. The molecule has 3 rings (SSSR count). The van der Waals surface area contributed by atoms with E-state index in [1.807, 2.05) is 5.38 Å². The third-order valence-corrected chi connectivity index (χ3v) is 4.64. The van der Waals surface area contributed by atoms with E-state index in [1.54, 1.807) is 11.3 Å². The minimum absolute atomic E-state index is 0.134. The van der Waals surface area contributed by atoms with Crippen molar-refractivity contribution in [3.8, 4) is 0 Å². The molecule has 0 fully saturated rings. The van der Waals surface area contributed by atoms with E-state index < -0.39 is 5.97 Å². The molecular weight excluding hydrogens is 284 g/mol. The summed E-state index contributed by atoms with van der Waals surface area (Å²) in [7, 11) is 0. The smallest absolute Gasteiger partial charge is 0.303 e. The number of carboxylic acids is 1. The van der Waals surface area contributed by atoms with E-state index in [0.717, 1.165) is 23.7 Å². The Morgan fingerprint density at radius 2 is 2.29 bits per heavy atom. The molecule has 0 saturated heterocycles. The van der Waals surface area contributed by atoms with E-state index in [2.05, 4.69) is 34.6 Å². The largest absolute Gasteiger partial charge is 0.481 e. The Morgan fingerprint density at radius 3 is 3.14 bits per heavy atom. The zero-order valence-electron chi connectivity index (χ0n) is 11.7. The van der Waals surface area contributed by atoms with Crippen molar-refractivity contribution in [1.82, 2.24) is 4.98 Å². The van der Waals surface area contributed by atoms with Crippen molar-refractivity contribution in [3.05, 3.63) is 46.5 Å². The topological polar surface area (TPSA) is 62.2 Å². The Bertz CT molecular complexity index is 639. The predicted octanol–water partition coefficient (Wildman–Crippen LogP) is 3.65. The van der Waals surface area contributed by atoms with Crippen molar-refractivity contribution in [2.45, 2.75) is 38.1 Å². The van der Waals surface area contributed by atoms with Gasteiger partial charge in [0.05, 0.1) is 18.2 Å². The highest BCUT2D eigenvalue weighted by molar-refractivity contribution is 7.13. The number of carboxylic acid groups (broad SMARTS) is 1. The van der Waals surface area contributed by atoms with Crippen LogP contribution in [0.25, 0.3) is 0 Å². The molecule has 2 aromatic rings. The molecule has 1 heterocycles. The molecule has 1 unspecified atom stereocenters. The summed E-state index contributed by atoms with van der Waals surface area (Å²) in [6.07, 6.45) is 4.08. The molecule has 0 amide bonds. The van der Waals surface area contributed by atoms with Crippen molar-refractivity contribution in [1.29, 1.82) is 0 Å². The van der Waals surface area contributed by atoms with Gasteiger partial charge < -0.3 is 10.4 Å². The van der Waals surface area contributed by atoms with Gasteiger partial charge in [0, 0.05) is 11.8 Å². The summed E-state index contributed by atoms with van der Waals surface area (Å²) in [5.74, 6) is -0.779. The third kappa shape index (κ3) is 3.42. The molecule has 1 aliphatic rings. The van der Waals surface area contributed by atoms with Gasteiger partial charge in [-0.15, -0.1) is 11.3 Å². The maximum Gasteiger partial charge on any atom is 0.303 e. The van der Waals surface area contributed by atoms with Gasteiger partial charge in [-0.25, -0.2) is 4.98 Å². The van der Waals surface area contributed by atoms with Gasteiger partial charge in [0.2, 0.25) is 0 Å². The molecule has 0 bridgehead atoms. The second kappa shape index (κ2) is 6.26. The van der Waals surface area contributed by atoms with Gasteiger partial charge in [-0.3, -0.25) is 4.79 Å². The number of thiazole rings is 1. The molecule has 0 radical (unpaired) electrons. The van der Waals surface area contributed by atoms with Gasteiger partial charge in [-0.1, -0.05) is 24.3 Å². The number of aromatic nitrogens is 1. The maximum atomic E-state index is 10.6. The summed E-state index contributed by atoms with van der Waals surface area (Å²) in [6, 6.07) is 8.87. The molecule has 1 aromatic carbocycles. The number of nitrogens with one attached hydrogen (secondary N) is 1. The van der Waals surface area contributed by atoms with Gasteiger partial charge in [0.1, 0.15) is 0 Å². The lowest BCUT2D eigenvalue weighted by atomic mass is 9.88. The fourth-order valence-corrected chi connectivity index (χ4v) is 3.57. The number of rotatable bonds is 5. The fourth-order valence-electron chi connectivity index (χ4n) is 2.78. The molecular formula is C16H18N2O2S. The lowest BCUT2D eigenvalue weighted by Crippen LogP contribution is -2.17. The van der Waals surface area contributed by atoms with Crippen molar-refractivity contribution in [2.75, 3.05) is 5.32 Å².